The summed E-state index contributed by atoms with van der Waals surface area (Å²) in [7, 11) is 0. The van der Waals surface area contributed by atoms with E-state index < -0.39 is 0 Å². The second-order valence-electron chi connectivity index (χ2n) is 21.8. The number of hydrogen-bond acceptors (Lipinski definition) is 0. The molecule has 0 aliphatic carbocycles. The molecule has 356 valence electrons. The summed E-state index contributed by atoms with van der Waals surface area (Å²) in [4.78, 5) is 0. The molecule has 0 radical (unpaired) electrons. The molecule has 0 fully saturated rings. The van der Waals surface area contributed by atoms with E-state index in [2.05, 4.69) is 268 Å². The van der Waals surface area contributed by atoms with Gasteiger partial charge in [-0.15, -0.1) is 0 Å². The van der Waals surface area contributed by atoms with E-state index in [1.165, 1.54) is 175 Å². The van der Waals surface area contributed by atoms with Gasteiger partial charge in [-0.05, 0) is 118 Å². The first-order valence-electron chi connectivity index (χ1n) is 27.3. The van der Waals surface area contributed by atoms with Crippen molar-refractivity contribution in [2.45, 2.75) is 0 Å². The van der Waals surface area contributed by atoms with Crippen LogP contribution in [0.15, 0.2) is 255 Å². The molecule has 0 N–H and O–H groups in total. The number of rotatable bonds is 3. The molecular formula is C74H42BN3. The van der Waals surface area contributed by atoms with Crippen molar-refractivity contribution >= 4 is 142 Å². The third-order valence-electron chi connectivity index (χ3n) is 18.1. The maximum Gasteiger partial charge on any atom is 0.252 e. The summed E-state index contributed by atoms with van der Waals surface area (Å²) in [6.07, 6.45) is 0. The van der Waals surface area contributed by atoms with Gasteiger partial charge in [0.25, 0.3) is 6.71 Å². The minimum absolute atomic E-state index is 0.119. The van der Waals surface area contributed by atoms with Gasteiger partial charge >= 0.3 is 0 Å². The molecule has 3 nitrogen and oxygen atoms in total. The molecule has 5 heterocycles. The van der Waals surface area contributed by atoms with Crippen molar-refractivity contribution in [3.05, 3.63) is 255 Å². The van der Waals surface area contributed by atoms with Crippen LogP contribution in [0.2, 0.25) is 0 Å². The largest absolute Gasteiger partial charge is 0.310 e. The van der Waals surface area contributed by atoms with E-state index in [-0.39, 0.29) is 6.71 Å². The Morgan fingerprint density at radius 3 is 1.10 bits per heavy atom. The van der Waals surface area contributed by atoms with Gasteiger partial charge in [0, 0.05) is 43.1 Å². The fraction of sp³-hybridized carbons (Fsp3) is 0. The van der Waals surface area contributed by atoms with E-state index in [1.807, 2.05) is 0 Å². The van der Waals surface area contributed by atoms with Crippen LogP contribution in [-0.2, 0) is 0 Å². The van der Waals surface area contributed by atoms with Crippen LogP contribution < -0.4 is 16.4 Å². The summed E-state index contributed by atoms with van der Waals surface area (Å²) in [6, 6.07) is 96.4. The lowest BCUT2D eigenvalue weighted by Crippen LogP contribution is -2.59. The van der Waals surface area contributed by atoms with Gasteiger partial charge < -0.3 is 13.7 Å². The molecule has 0 bridgehead atoms. The third kappa shape index (κ3) is 5.11. The molecule has 0 atom stereocenters. The standard InChI is InChI=1S/C74H42BN3/c1-3-17-43(18-4-1)47-33-35-61-57(39-47)58-40-48(44-19-5-2-6-20-44)34-36-62(58)76(61)71-56-30-16-15-29-55(56)70-69-74(71)78-64-38-32-46-22-8-12-26-52(46)66(64)68-54-28-14-10-24-50(54)42-60(73(68)78)75(69)59-41-49-23-9-13-27-53(49)67-65-51-25-11-7-21-45(51)31-37-63(65)77(70)72(59)67/h1-42H. The third-order valence-corrected chi connectivity index (χ3v) is 18.1. The topological polar surface area (TPSA) is 14.8 Å². The average molecular weight is 984 g/mol. The van der Waals surface area contributed by atoms with Crippen LogP contribution >= 0.6 is 0 Å². The first-order chi connectivity index (χ1) is 38.7. The van der Waals surface area contributed by atoms with E-state index in [0.717, 1.165) is 0 Å². The Morgan fingerprint density at radius 2 is 0.615 bits per heavy atom. The van der Waals surface area contributed by atoms with Crippen LogP contribution in [0, 0.1) is 0 Å². The maximum atomic E-state index is 2.73. The fourth-order valence-corrected chi connectivity index (χ4v) is 15.0. The molecular weight excluding hydrogens is 942 g/mol. The monoisotopic (exact) mass is 983 g/mol. The Kier molecular flexibility index (Phi) is 7.82. The number of aromatic nitrogens is 3. The molecule has 0 spiro atoms. The Morgan fingerprint density at radius 1 is 0.231 bits per heavy atom. The van der Waals surface area contributed by atoms with Crippen molar-refractivity contribution in [2.75, 3.05) is 0 Å². The van der Waals surface area contributed by atoms with Gasteiger partial charge in [-0.3, -0.25) is 0 Å². The molecule has 0 unspecified atom stereocenters. The van der Waals surface area contributed by atoms with Crippen molar-refractivity contribution < 1.29 is 0 Å². The zero-order chi connectivity index (χ0) is 50.5. The highest BCUT2D eigenvalue weighted by molar-refractivity contribution is 7.01. The highest BCUT2D eigenvalue weighted by Gasteiger charge is 2.45. The van der Waals surface area contributed by atoms with E-state index in [9.17, 15) is 0 Å². The number of fused-ring (bicyclic) bond motifs is 23. The fourth-order valence-electron chi connectivity index (χ4n) is 15.0. The highest BCUT2D eigenvalue weighted by Crippen LogP contribution is 2.50. The van der Waals surface area contributed by atoms with E-state index >= 15 is 0 Å². The summed E-state index contributed by atoms with van der Waals surface area (Å²) in [5, 5.41) is 20.3. The zero-order valence-electron chi connectivity index (χ0n) is 42.2. The molecule has 2 aliphatic heterocycles. The molecule has 78 heavy (non-hydrogen) atoms. The van der Waals surface area contributed by atoms with Crippen LogP contribution in [0.3, 0.4) is 0 Å². The SMILES string of the molecule is c1ccc(-c2ccc3c(c2)c2cc(-c4ccccc4)ccc2n3-c2c3c4c(c5ccccc25)-n2c5ccc6ccccc6c5c5c6ccccc6cc(c52)B4c2cc4ccccc4c4c5c6ccccc6ccc5n-3c24)cc1. The van der Waals surface area contributed by atoms with Crippen molar-refractivity contribution in [3.8, 4) is 39.3 Å². The molecule has 0 amide bonds. The Balaban J connectivity index is 1.09. The molecule has 14 aromatic carbocycles. The summed E-state index contributed by atoms with van der Waals surface area (Å²) >= 11 is 0. The van der Waals surface area contributed by atoms with Gasteiger partial charge in [0.2, 0.25) is 0 Å². The van der Waals surface area contributed by atoms with Gasteiger partial charge in [-0.2, -0.15) is 0 Å². The van der Waals surface area contributed by atoms with Gasteiger partial charge in [-0.1, -0.05) is 218 Å². The molecule has 2 aliphatic rings. The first kappa shape index (κ1) is 41.1. The predicted molar refractivity (Wildman–Crippen MR) is 333 cm³/mol. The Bertz CT molecular complexity index is 5470. The van der Waals surface area contributed by atoms with Gasteiger partial charge in [0.05, 0.1) is 50.2 Å². The first-order valence-corrected chi connectivity index (χ1v) is 27.3. The van der Waals surface area contributed by atoms with Gasteiger partial charge in [0.15, 0.2) is 0 Å². The van der Waals surface area contributed by atoms with Crippen LogP contribution in [0.25, 0.3) is 159 Å². The number of hydrogen-bond donors (Lipinski definition) is 0. The van der Waals surface area contributed by atoms with Crippen LogP contribution in [0.1, 0.15) is 0 Å². The molecule has 17 aromatic rings. The lowest BCUT2D eigenvalue weighted by atomic mass is 9.34. The lowest BCUT2D eigenvalue weighted by molar-refractivity contribution is 1.10. The van der Waals surface area contributed by atoms with E-state index in [1.54, 1.807) is 0 Å². The maximum absolute atomic E-state index is 2.73. The van der Waals surface area contributed by atoms with Crippen molar-refractivity contribution in [2.24, 2.45) is 0 Å². The Labute approximate surface area is 447 Å². The second kappa shape index (κ2) is 14.8. The lowest BCUT2D eigenvalue weighted by Gasteiger charge is -2.37. The number of benzene rings is 14. The van der Waals surface area contributed by atoms with Crippen LogP contribution in [0.4, 0.5) is 0 Å². The summed E-state index contributed by atoms with van der Waals surface area (Å²) in [5.74, 6) is 0. The van der Waals surface area contributed by atoms with Crippen molar-refractivity contribution in [3.63, 3.8) is 0 Å². The zero-order valence-corrected chi connectivity index (χ0v) is 42.2. The highest BCUT2D eigenvalue weighted by atomic mass is 15.1. The van der Waals surface area contributed by atoms with E-state index in [4.69, 9.17) is 0 Å². The van der Waals surface area contributed by atoms with Crippen LogP contribution in [0.5, 0.6) is 0 Å². The van der Waals surface area contributed by atoms with Crippen molar-refractivity contribution in [1.82, 2.24) is 13.7 Å². The predicted octanol–water partition coefficient (Wildman–Crippen LogP) is 17.2. The van der Waals surface area contributed by atoms with Gasteiger partial charge in [0.1, 0.15) is 0 Å². The summed E-state index contributed by atoms with van der Waals surface area (Å²) < 4.78 is 8.09. The Hall–Kier alpha value is -10.2. The molecule has 3 aromatic heterocycles. The van der Waals surface area contributed by atoms with Gasteiger partial charge in [-0.25, -0.2) is 0 Å². The molecule has 0 saturated heterocycles. The normalized spacial score (nSPS) is 12.8. The van der Waals surface area contributed by atoms with Crippen molar-refractivity contribution in [1.29, 1.82) is 0 Å². The minimum Gasteiger partial charge on any atom is -0.310 e. The summed E-state index contributed by atoms with van der Waals surface area (Å²) in [6.45, 7) is -0.119. The minimum atomic E-state index is -0.119. The quantitative estimate of drug-likeness (QED) is 0.157. The smallest absolute Gasteiger partial charge is 0.252 e. The van der Waals surface area contributed by atoms with E-state index in [0.29, 0.717) is 0 Å². The molecule has 0 saturated carbocycles. The molecule has 19 rings (SSSR count). The second-order valence-corrected chi connectivity index (χ2v) is 21.8. The molecule has 4 heteroatoms. The average Bonchev–Trinajstić information content (AvgIpc) is 3.68. The summed E-state index contributed by atoms with van der Waals surface area (Å²) in [5.41, 5.74) is 19.9. The number of nitrogens with zero attached hydrogens (tertiary/aromatic N) is 3. The van der Waals surface area contributed by atoms with Crippen LogP contribution in [-0.4, -0.2) is 20.4 Å².